The lowest BCUT2D eigenvalue weighted by molar-refractivity contribution is -0.0491. The molecule has 4 nitrogen and oxygen atoms in total. The summed E-state index contributed by atoms with van der Waals surface area (Å²) in [6, 6.07) is 10.8. The van der Waals surface area contributed by atoms with Crippen LogP contribution in [0.15, 0.2) is 40.9 Å². The van der Waals surface area contributed by atoms with Crippen LogP contribution in [0, 0.1) is 0 Å². The average molecular weight is 320 g/mol. The molecule has 2 aromatic rings. The number of carbonyl (C=O) groups excluding carboxylic acids is 1. The van der Waals surface area contributed by atoms with Crippen LogP contribution in [0.1, 0.15) is 36.2 Å². The molecule has 0 spiro atoms. The van der Waals surface area contributed by atoms with Crippen molar-refractivity contribution in [1.82, 2.24) is 10.1 Å². The number of halogens is 2. The Morgan fingerprint density at radius 3 is 2.57 bits per heavy atom. The Morgan fingerprint density at radius 2 is 1.91 bits per heavy atom. The van der Waals surface area contributed by atoms with E-state index in [9.17, 15) is 13.6 Å². The van der Waals surface area contributed by atoms with Crippen LogP contribution in [0.3, 0.4) is 0 Å². The van der Waals surface area contributed by atoms with Gasteiger partial charge in [0.05, 0.1) is 0 Å². The van der Waals surface area contributed by atoms with Gasteiger partial charge in [-0.15, -0.1) is 0 Å². The van der Waals surface area contributed by atoms with Crippen LogP contribution in [0.5, 0.6) is 0 Å². The fraction of sp³-hybridized carbons (Fsp3) is 0.412. The summed E-state index contributed by atoms with van der Waals surface area (Å²) in [7, 11) is 1.63. The zero-order valence-corrected chi connectivity index (χ0v) is 12.8. The molecule has 122 valence electrons. The van der Waals surface area contributed by atoms with E-state index in [0.29, 0.717) is 18.6 Å². The van der Waals surface area contributed by atoms with Crippen LogP contribution in [0.4, 0.5) is 8.78 Å². The van der Waals surface area contributed by atoms with Crippen LogP contribution >= 0.6 is 0 Å². The SMILES string of the molecule is CN(C(=O)c1cc(-c2ccccc2)on1)C1CCC(F)(F)CC1. The molecule has 23 heavy (non-hydrogen) atoms. The van der Waals surface area contributed by atoms with Gasteiger partial charge in [-0.3, -0.25) is 4.79 Å². The lowest BCUT2D eigenvalue weighted by Crippen LogP contribution is -2.41. The van der Waals surface area contributed by atoms with E-state index in [-0.39, 0.29) is 30.5 Å². The Bertz CT molecular complexity index is 675. The van der Waals surface area contributed by atoms with Gasteiger partial charge in [0.25, 0.3) is 5.91 Å². The second-order valence-electron chi connectivity index (χ2n) is 5.95. The summed E-state index contributed by atoms with van der Waals surface area (Å²) < 4.78 is 31.7. The van der Waals surface area contributed by atoms with E-state index in [0.717, 1.165) is 5.56 Å². The van der Waals surface area contributed by atoms with Crippen molar-refractivity contribution >= 4 is 5.91 Å². The third kappa shape index (κ3) is 3.41. The van der Waals surface area contributed by atoms with Gasteiger partial charge in [0.15, 0.2) is 11.5 Å². The summed E-state index contributed by atoms with van der Waals surface area (Å²) in [5.41, 5.74) is 1.03. The van der Waals surface area contributed by atoms with E-state index in [2.05, 4.69) is 5.16 Å². The predicted molar refractivity (Wildman–Crippen MR) is 81.2 cm³/mol. The summed E-state index contributed by atoms with van der Waals surface area (Å²) in [4.78, 5) is 14.0. The molecular weight excluding hydrogens is 302 g/mol. The van der Waals surface area contributed by atoms with Crippen LogP contribution in [-0.4, -0.2) is 35.0 Å². The fourth-order valence-corrected chi connectivity index (χ4v) is 2.87. The number of carbonyl (C=O) groups is 1. The normalized spacial score (nSPS) is 17.9. The number of benzene rings is 1. The maximum Gasteiger partial charge on any atom is 0.276 e. The molecule has 1 aromatic heterocycles. The molecule has 0 atom stereocenters. The van der Waals surface area contributed by atoms with Crippen molar-refractivity contribution in [2.45, 2.75) is 37.6 Å². The molecule has 1 aromatic carbocycles. The largest absolute Gasteiger partial charge is 0.355 e. The van der Waals surface area contributed by atoms with Crippen LogP contribution in [0.2, 0.25) is 0 Å². The third-order valence-corrected chi connectivity index (χ3v) is 4.34. The highest BCUT2D eigenvalue weighted by Crippen LogP contribution is 2.35. The van der Waals surface area contributed by atoms with Gasteiger partial charge in [0, 0.05) is 37.6 Å². The molecule has 1 fully saturated rings. The van der Waals surface area contributed by atoms with Crippen molar-refractivity contribution in [3.05, 3.63) is 42.1 Å². The quantitative estimate of drug-likeness (QED) is 0.859. The Labute approximate surface area is 133 Å². The monoisotopic (exact) mass is 320 g/mol. The zero-order valence-electron chi connectivity index (χ0n) is 12.8. The molecule has 1 aliphatic rings. The maximum absolute atomic E-state index is 13.2. The number of alkyl halides is 2. The van der Waals surface area contributed by atoms with Crippen LogP contribution in [0.25, 0.3) is 11.3 Å². The van der Waals surface area contributed by atoms with Gasteiger partial charge in [-0.05, 0) is 12.8 Å². The smallest absolute Gasteiger partial charge is 0.276 e. The van der Waals surface area contributed by atoms with Crippen LogP contribution < -0.4 is 0 Å². The van der Waals surface area contributed by atoms with Crippen molar-refractivity contribution in [2.75, 3.05) is 7.05 Å². The average Bonchev–Trinajstić information content (AvgIpc) is 3.04. The van der Waals surface area contributed by atoms with E-state index in [1.807, 2.05) is 30.3 Å². The Morgan fingerprint density at radius 1 is 1.26 bits per heavy atom. The van der Waals surface area contributed by atoms with Crippen LogP contribution in [-0.2, 0) is 0 Å². The minimum atomic E-state index is -2.60. The number of hydrogen-bond donors (Lipinski definition) is 0. The molecule has 0 N–H and O–H groups in total. The molecule has 0 bridgehead atoms. The molecular formula is C17H18F2N2O2. The van der Waals surface area contributed by atoms with E-state index in [1.165, 1.54) is 4.90 Å². The number of hydrogen-bond acceptors (Lipinski definition) is 3. The molecule has 0 aliphatic heterocycles. The second-order valence-corrected chi connectivity index (χ2v) is 5.95. The minimum absolute atomic E-state index is 0.177. The van der Waals surface area contributed by atoms with Crippen molar-refractivity contribution < 1.29 is 18.1 Å². The highest BCUT2D eigenvalue weighted by molar-refractivity contribution is 5.93. The minimum Gasteiger partial charge on any atom is -0.355 e. The first-order chi connectivity index (χ1) is 11.0. The lowest BCUT2D eigenvalue weighted by atomic mass is 9.91. The van der Waals surface area contributed by atoms with Gasteiger partial charge in [0.2, 0.25) is 5.92 Å². The summed E-state index contributed by atoms with van der Waals surface area (Å²) in [5, 5.41) is 3.82. The first-order valence-electron chi connectivity index (χ1n) is 7.63. The highest BCUT2D eigenvalue weighted by Gasteiger charge is 2.37. The van der Waals surface area contributed by atoms with E-state index < -0.39 is 5.92 Å². The zero-order chi connectivity index (χ0) is 16.4. The summed E-state index contributed by atoms with van der Waals surface area (Å²) in [6.45, 7) is 0. The molecule has 1 heterocycles. The maximum atomic E-state index is 13.2. The van der Waals surface area contributed by atoms with Crippen molar-refractivity contribution in [2.24, 2.45) is 0 Å². The van der Waals surface area contributed by atoms with Crippen molar-refractivity contribution in [3.8, 4) is 11.3 Å². The number of nitrogens with zero attached hydrogens (tertiary/aromatic N) is 2. The number of aromatic nitrogens is 1. The standard InChI is InChI=1S/C17H18F2N2O2/c1-21(13-7-9-17(18,19)10-8-13)16(22)14-11-15(23-20-14)12-5-3-2-4-6-12/h2-6,11,13H,7-10H2,1H3. The summed E-state index contributed by atoms with van der Waals surface area (Å²) in [5.74, 6) is -2.39. The molecule has 0 saturated heterocycles. The summed E-state index contributed by atoms with van der Waals surface area (Å²) >= 11 is 0. The molecule has 1 aliphatic carbocycles. The first kappa shape index (κ1) is 15.6. The Balaban J connectivity index is 1.70. The molecule has 6 heteroatoms. The van der Waals surface area contributed by atoms with Gasteiger partial charge < -0.3 is 9.42 Å². The van der Waals surface area contributed by atoms with Gasteiger partial charge in [-0.2, -0.15) is 0 Å². The van der Waals surface area contributed by atoms with Gasteiger partial charge >= 0.3 is 0 Å². The topological polar surface area (TPSA) is 46.3 Å². The fourth-order valence-electron chi connectivity index (χ4n) is 2.87. The van der Waals surface area contributed by atoms with Crippen molar-refractivity contribution in [3.63, 3.8) is 0 Å². The predicted octanol–water partition coefficient (Wildman–Crippen LogP) is 3.99. The second kappa shape index (κ2) is 6.10. The molecule has 0 unspecified atom stereocenters. The van der Waals surface area contributed by atoms with E-state index in [1.54, 1.807) is 13.1 Å². The highest BCUT2D eigenvalue weighted by atomic mass is 19.3. The van der Waals surface area contributed by atoms with Gasteiger partial charge in [-0.1, -0.05) is 35.5 Å². The number of amides is 1. The molecule has 0 radical (unpaired) electrons. The molecule has 3 rings (SSSR count). The molecule has 1 saturated carbocycles. The number of rotatable bonds is 3. The Hall–Kier alpha value is -2.24. The first-order valence-corrected chi connectivity index (χ1v) is 7.63. The van der Waals surface area contributed by atoms with E-state index >= 15 is 0 Å². The van der Waals surface area contributed by atoms with Gasteiger partial charge in [-0.25, -0.2) is 8.78 Å². The van der Waals surface area contributed by atoms with Crippen molar-refractivity contribution in [1.29, 1.82) is 0 Å². The Kier molecular flexibility index (Phi) is 4.15. The van der Waals surface area contributed by atoms with Gasteiger partial charge in [0.1, 0.15) is 0 Å². The summed E-state index contributed by atoms with van der Waals surface area (Å²) in [6.07, 6.45) is 0.254. The third-order valence-electron chi connectivity index (χ3n) is 4.34. The van der Waals surface area contributed by atoms with E-state index in [4.69, 9.17) is 4.52 Å². The molecule has 1 amide bonds. The lowest BCUT2D eigenvalue weighted by Gasteiger charge is -2.34.